The molecule has 0 aliphatic heterocycles. The molecule has 0 fully saturated rings. The van der Waals surface area contributed by atoms with Gasteiger partial charge in [0.25, 0.3) is 0 Å². The minimum atomic E-state index is -0.405. The van der Waals surface area contributed by atoms with Crippen LogP contribution in [-0.4, -0.2) is 23.2 Å². The Kier molecular flexibility index (Phi) is 8.60. The molecule has 0 saturated carbocycles. The smallest absolute Gasteiger partial charge is 0.233 e. The zero-order chi connectivity index (χ0) is 18.3. The van der Waals surface area contributed by atoms with E-state index in [1.54, 1.807) is 36.2 Å². The number of nitrogens with two attached hydrogens (primary N) is 1. The number of alkyl halides is 1. The molecule has 2 aromatic carbocycles. The normalized spacial score (nSPS) is 11.2. The second-order valence-corrected chi connectivity index (χ2v) is 6.24. The molecular formula is C18H21BrCl2N2O. The van der Waals surface area contributed by atoms with Gasteiger partial charge >= 0.3 is 0 Å². The number of nitrogens with zero attached hydrogens (tertiary/aromatic N) is 1. The Balaban J connectivity index is 0.00000139. The summed E-state index contributed by atoms with van der Waals surface area (Å²) in [5.41, 5.74) is 8.21. The van der Waals surface area contributed by atoms with Gasteiger partial charge in [-0.15, -0.1) is 0 Å². The highest BCUT2D eigenvalue weighted by molar-refractivity contribution is 9.09. The highest BCUT2D eigenvalue weighted by Crippen LogP contribution is 2.36. The molecule has 0 radical (unpaired) electrons. The second-order valence-electron chi connectivity index (χ2n) is 4.84. The highest BCUT2D eigenvalue weighted by atomic mass is 79.9. The van der Waals surface area contributed by atoms with Crippen LogP contribution in [0.1, 0.15) is 31.0 Å². The van der Waals surface area contributed by atoms with Gasteiger partial charge in [0, 0.05) is 28.3 Å². The molecule has 0 heterocycles. The molecule has 6 heteroatoms. The monoisotopic (exact) mass is 430 g/mol. The number of halogens is 3. The quantitative estimate of drug-likeness (QED) is 0.509. The lowest BCUT2D eigenvalue weighted by molar-refractivity contribution is -0.128. The van der Waals surface area contributed by atoms with Crippen LogP contribution in [0.5, 0.6) is 0 Å². The summed E-state index contributed by atoms with van der Waals surface area (Å²) in [5.74, 6) is -0.0794. The van der Waals surface area contributed by atoms with Crippen molar-refractivity contribution >= 4 is 50.7 Å². The lowest BCUT2D eigenvalue weighted by atomic mass is 9.96. The number of hydrogen-bond donors (Lipinski definition) is 1. The van der Waals surface area contributed by atoms with Gasteiger partial charge in [-0.25, -0.2) is 0 Å². The first-order chi connectivity index (χ1) is 11.5. The van der Waals surface area contributed by atoms with Crippen molar-refractivity contribution in [1.29, 1.82) is 0 Å². The Morgan fingerprint density at radius 2 is 1.79 bits per heavy atom. The van der Waals surface area contributed by atoms with Gasteiger partial charge in [0.2, 0.25) is 5.91 Å². The van der Waals surface area contributed by atoms with E-state index < -0.39 is 6.04 Å². The molecule has 0 spiro atoms. The van der Waals surface area contributed by atoms with Crippen LogP contribution in [0.3, 0.4) is 0 Å². The topological polar surface area (TPSA) is 46.3 Å². The highest BCUT2D eigenvalue weighted by Gasteiger charge is 2.26. The van der Waals surface area contributed by atoms with Gasteiger partial charge < -0.3 is 10.6 Å². The summed E-state index contributed by atoms with van der Waals surface area (Å²) in [4.78, 5) is 13.8. The van der Waals surface area contributed by atoms with Gasteiger partial charge in [-0.2, -0.15) is 0 Å². The molecule has 1 atom stereocenters. The van der Waals surface area contributed by atoms with Crippen LogP contribution in [0, 0.1) is 0 Å². The van der Waals surface area contributed by atoms with Crippen LogP contribution in [0.25, 0.3) is 0 Å². The van der Waals surface area contributed by atoms with Gasteiger partial charge in [0.1, 0.15) is 0 Å². The van der Waals surface area contributed by atoms with Crippen molar-refractivity contribution < 1.29 is 4.79 Å². The fourth-order valence-corrected chi connectivity index (χ4v) is 3.12. The maximum Gasteiger partial charge on any atom is 0.233 e. The summed E-state index contributed by atoms with van der Waals surface area (Å²) in [6.45, 7) is 4.00. The summed E-state index contributed by atoms with van der Waals surface area (Å²) >= 11 is 15.6. The first kappa shape index (κ1) is 20.8. The third-order valence-electron chi connectivity index (χ3n) is 3.44. The largest absolute Gasteiger partial charge is 0.398 e. The fourth-order valence-electron chi connectivity index (χ4n) is 2.30. The van der Waals surface area contributed by atoms with E-state index in [9.17, 15) is 4.79 Å². The van der Waals surface area contributed by atoms with E-state index in [0.29, 0.717) is 15.7 Å². The van der Waals surface area contributed by atoms with E-state index in [1.807, 2.05) is 32.0 Å². The number of hydrogen-bond acceptors (Lipinski definition) is 2. The average Bonchev–Trinajstić information content (AvgIpc) is 2.60. The number of carbonyl (C=O) groups excluding carboxylic acids is 1. The molecule has 2 aromatic rings. The minimum Gasteiger partial charge on any atom is -0.398 e. The van der Waals surface area contributed by atoms with Crippen molar-refractivity contribution in [2.24, 2.45) is 0 Å². The number of anilines is 1. The Bertz CT molecular complexity index is 694. The average molecular weight is 432 g/mol. The first-order valence-corrected chi connectivity index (χ1v) is 9.44. The van der Waals surface area contributed by atoms with E-state index in [1.165, 1.54) is 0 Å². The second kappa shape index (κ2) is 9.92. The predicted octanol–water partition coefficient (Wildman–Crippen LogP) is 5.54. The van der Waals surface area contributed by atoms with Crippen LogP contribution >= 0.6 is 39.1 Å². The summed E-state index contributed by atoms with van der Waals surface area (Å²) in [6.07, 6.45) is 0. The number of benzene rings is 2. The lowest BCUT2D eigenvalue weighted by Gasteiger charge is -2.30. The van der Waals surface area contributed by atoms with Gasteiger partial charge in [-0.05, 0) is 29.8 Å². The Hall–Kier alpha value is -1.23. The predicted molar refractivity (Wildman–Crippen MR) is 107 cm³/mol. The molecule has 0 saturated heterocycles. The van der Waals surface area contributed by atoms with Crippen LogP contribution in [0.4, 0.5) is 5.69 Å². The zero-order valence-corrected chi connectivity index (χ0v) is 17.0. The molecule has 3 nitrogen and oxygen atoms in total. The SMILES string of the molecule is CC.CN(C(=O)CBr)C(c1cc(Cl)ccc1N)c1ccccc1Cl. The van der Waals surface area contributed by atoms with E-state index in [0.717, 1.165) is 11.1 Å². The van der Waals surface area contributed by atoms with E-state index in [2.05, 4.69) is 15.9 Å². The van der Waals surface area contributed by atoms with Crippen molar-refractivity contribution in [2.45, 2.75) is 19.9 Å². The molecule has 130 valence electrons. The standard InChI is InChI=1S/C16H15BrCl2N2O.C2H6/c1-21(15(22)9-17)16(11-4-2-3-5-13(11)19)12-8-10(18)6-7-14(12)20;1-2/h2-8,16H,9,20H2,1H3;1-2H3. The molecule has 0 aromatic heterocycles. The van der Waals surface area contributed by atoms with Crippen LogP contribution in [0.15, 0.2) is 42.5 Å². The molecule has 0 aliphatic carbocycles. The molecular weight excluding hydrogens is 411 g/mol. The summed E-state index contributed by atoms with van der Waals surface area (Å²) in [7, 11) is 1.72. The van der Waals surface area contributed by atoms with E-state index in [4.69, 9.17) is 28.9 Å². The van der Waals surface area contributed by atoms with Crippen molar-refractivity contribution in [3.63, 3.8) is 0 Å². The first-order valence-electron chi connectivity index (χ1n) is 7.56. The summed E-state index contributed by atoms with van der Waals surface area (Å²) in [6, 6.07) is 12.2. The molecule has 0 bridgehead atoms. The fraction of sp³-hybridized carbons (Fsp3) is 0.278. The number of amides is 1. The van der Waals surface area contributed by atoms with Gasteiger partial charge in [-0.3, -0.25) is 4.79 Å². The maximum absolute atomic E-state index is 12.2. The summed E-state index contributed by atoms with van der Waals surface area (Å²) in [5, 5.41) is 1.34. The molecule has 1 unspecified atom stereocenters. The van der Waals surface area contributed by atoms with Gasteiger partial charge in [-0.1, -0.05) is 71.2 Å². The molecule has 0 aliphatic rings. The molecule has 24 heavy (non-hydrogen) atoms. The minimum absolute atomic E-state index is 0.0794. The van der Waals surface area contributed by atoms with Crippen LogP contribution in [-0.2, 0) is 4.79 Å². The van der Waals surface area contributed by atoms with E-state index >= 15 is 0 Å². The van der Waals surface area contributed by atoms with Gasteiger partial charge in [0.15, 0.2) is 0 Å². The number of rotatable bonds is 4. The van der Waals surface area contributed by atoms with Crippen molar-refractivity contribution in [1.82, 2.24) is 4.90 Å². The van der Waals surface area contributed by atoms with E-state index in [-0.39, 0.29) is 11.2 Å². The molecule has 2 N–H and O–H groups in total. The lowest BCUT2D eigenvalue weighted by Crippen LogP contribution is -2.33. The maximum atomic E-state index is 12.2. The molecule has 1 amide bonds. The van der Waals surface area contributed by atoms with Gasteiger partial charge in [0.05, 0.1) is 11.4 Å². The van der Waals surface area contributed by atoms with Crippen molar-refractivity contribution in [3.8, 4) is 0 Å². The number of nitrogen functional groups attached to an aromatic ring is 1. The Morgan fingerprint density at radius 1 is 1.17 bits per heavy atom. The third kappa shape index (κ3) is 4.88. The van der Waals surface area contributed by atoms with Crippen molar-refractivity contribution in [3.05, 3.63) is 63.6 Å². The third-order valence-corrected chi connectivity index (χ3v) is 4.50. The zero-order valence-electron chi connectivity index (χ0n) is 13.9. The number of carbonyl (C=O) groups is 1. The molecule has 2 rings (SSSR count). The summed E-state index contributed by atoms with van der Waals surface area (Å²) < 4.78 is 0. The van der Waals surface area contributed by atoms with Crippen LogP contribution in [0.2, 0.25) is 10.0 Å². The Labute approximate surface area is 161 Å². The van der Waals surface area contributed by atoms with Crippen molar-refractivity contribution in [2.75, 3.05) is 18.1 Å². The van der Waals surface area contributed by atoms with Crippen LogP contribution < -0.4 is 5.73 Å². The Morgan fingerprint density at radius 3 is 2.38 bits per heavy atom.